The summed E-state index contributed by atoms with van der Waals surface area (Å²) in [5.74, 6) is 0.211. The summed E-state index contributed by atoms with van der Waals surface area (Å²) in [6.07, 6.45) is -0.903. The molecule has 1 aromatic rings. The van der Waals surface area contributed by atoms with Crippen molar-refractivity contribution in [3.05, 3.63) is 29.3 Å². The number of phenols is 1. The Hall–Kier alpha value is -1.16. The molecule has 1 aromatic carbocycles. The van der Waals surface area contributed by atoms with Gasteiger partial charge >= 0.3 is 0 Å². The minimum atomic E-state index is -2.61. The Morgan fingerprint density at radius 3 is 2.88 bits per heavy atom. The van der Waals surface area contributed by atoms with Crippen LogP contribution in [0, 0.1) is 5.92 Å². The van der Waals surface area contributed by atoms with Crippen molar-refractivity contribution >= 4 is 0 Å². The van der Waals surface area contributed by atoms with Gasteiger partial charge < -0.3 is 10.4 Å². The normalized spacial score (nSPS) is 20.6. The molecule has 2 N–H and O–H groups in total. The number of rotatable bonds is 3. The molecule has 0 aliphatic carbocycles. The predicted molar refractivity (Wildman–Crippen MR) is 57.7 cm³/mol. The molecule has 0 bridgehead atoms. The predicted octanol–water partition coefficient (Wildman–Crippen LogP) is 2.48. The Morgan fingerprint density at radius 1 is 1.44 bits per heavy atom. The third kappa shape index (κ3) is 2.32. The molecule has 2 rings (SSSR count). The van der Waals surface area contributed by atoms with Crippen LogP contribution in [0.25, 0.3) is 0 Å². The number of nitrogens with one attached hydrogen (secondary N) is 1. The number of benzene rings is 1. The van der Waals surface area contributed by atoms with Crippen LogP contribution in [0.3, 0.4) is 0 Å². The second-order valence-corrected chi connectivity index (χ2v) is 4.22. The van der Waals surface area contributed by atoms with E-state index in [9.17, 15) is 13.9 Å². The molecule has 88 valence electrons. The van der Waals surface area contributed by atoms with Gasteiger partial charge in [-0.25, -0.2) is 8.78 Å². The van der Waals surface area contributed by atoms with Crippen molar-refractivity contribution in [2.75, 3.05) is 13.1 Å². The lowest BCUT2D eigenvalue weighted by Gasteiger charge is -2.12. The largest absolute Gasteiger partial charge is 0.507 e. The van der Waals surface area contributed by atoms with Gasteiger partial charge in [-0.15, -0.1) is 0 Å². The zero-order valence-corrected chi connectivity index (χ0v) is 8.92. The van der Waals surface area contributed by atoms with Gasteiger partial charge in [-0.3, -0.25) is 0 Å². The first-order chi connectivity index (χ1) is 7.68. The van der Waals surface area contributed by atoms with Crippen molar-refractivity contribution in [1.82, 2.24) is 5.32 Å². The van der Waals surface area contributed by atoms with E-state index in [0.29, 0.717) is 17.9 Å². The van der Waals surface area contributed by atoms with Crippen LogP contribution in [0.15, 0.2) is 18.2 Å². The van der Waals surface area contributed by atoms with Crippen LogP contribution in [0.2, 0.25) is 0 Å². The summed E-state index contributed by atoms with van der Waals surface area (Å²) >= 11 is 0. The lowest BCUT2D eigenvalue weighted by molar-refractivity contribution is 0.147. The van der Waals surface area contributed by atoms with Crippen LogP contribution >= 0.6 is 0 Å². The molecule has 4 heteroatoms. The molecule has 1 fully saturated rings. The first-order valence-corrected chi connectivity index (χ1v) is 5.48. The Bertz CT molecular complexity index is 362. The molecule has 0 aromatic heterocycles. The van der Waals surface area contributed by atoms with Gasteiger partial charge in [0.1, 0.15) is 5.75 Å². The molecule has 1 atom stereocenters. The first-order valence-electron chi connectivity index (χ1n) is 5.48. The zero-order chi connectivity index (χ0) is 11.5. The molecule has 1 saturated heterocycles. The van der Waals surface area contributed by atoms with Gasteiger partial charge in [0.2, 0.25) is 0 Å². The van der Waals surface area contributed by atoms with Gasteiger partial charge in [0.25, 0.3) is 6.43 Å². The minimum absolute atomic E-state index is 0.232. The monoisotopic (exact) mass is 227 g/mol. The van der Waals surface area contributed by atoms with Crippen molar-refractivity contribution in [2.45, 2.75) is 19.3 Å². The molecular formula is C12H15F2NO. The summed E-state index contributed by atoms with van der Waals surface area (Å²) in [6.45, 7) is 1.87. The quantitative estimate of drug-likeness (QED) is 0.831. The van der Waals surface area contributed by atoms with E-state index in [1.807, 2.05) is 0 Å². The van der Waals surface area contributed by atoms with E-state index in [2.05, 4.69) is 5.32 Å². The highest BCUT2D eigenvalue weighted by atomic mass is 19.3. The van der Waals surface area contributed by atoms with Crippen LogP contribution in [-0.4, -0.2) is 18.2 Å². The number of alkyl halides is 2. The number of hydrogen-bond acceptors (Lipinski definition) is 2. The molecule has 1 aliphatic heterocycles. The third-order valence-corrected chi connectivity index (χ3v) is 3.06. The molecule has 0 radical (unpaired) electrons. The number of para-hydroxylation sites is 1. The Balaban J connectivity index is 2.17. The van der Waals surface area contributed by atoms with Gasteiger partial charge in [0, 0.05) is 0 Å². The summed E-state index contributed by atoms with van der Waals surface area (Å²) in [6, 6.07) is 4.58. The lowest BCUT2D eigenvalue weighted by Crippen LogP contribution is -2.11. The zero-order valence-electron chi connectivity index (χ0n) is 8.92. The van der Waals surface area contributed by atoms with Crippen molar-refractivity contribution in [3.8, 4) is 5.75 Å². The van der Waals surface area contributed by atoms with Crippen LogP contribution in [0.4, 0.5) is 8.78 Å². The van der Waals surface area contributed by atoms with E-state index in [-0.39, 0.29) is 11.3 Å². The minimum Gasteiger partial charge on any atom is -0.507 e. The highest BCUT2D eigenvalue weighted by Crippen LogP contribution is 2.32. The van der Waals surface area contributed by atoms with Crippen molar-refractivity contribution in [1.29, 1.82) is 0 Å². The Labute approximate surface area is 93.3 Å². The second kappa shape index (κ2) is 4.78. The van der Waals surface area contributed by atoms with Crippen LogP contribution in [-0.2, 0) is 6.42 Å². The maximum absolute atomic E-state index is 12.5. The summed E-state index contributed by atoms with van der Waals surface area (Å²) in [5.41, 5.74) is 0.370. The van der Waals surface area contributed by atoms with Gasteiger partial charge in [-0.05, 0) is 43.5 Å². The van der Waals surface area contributed by atoms with Gasteiger partial charge in [-0.1, -0.05) is 12.1 Å². The van der Waals surface area contributed by atoms with Crippen molar-refractivity contribution < 1.29 is 13.9 Å². The molecule has 1 unspecified atom stereocenters. The number of halogens is 2. The highest BCUT2D eigenvalue weighted by Gasteiger charge is 2.20. The Kier molecular flexibility index (Phi) is 3.39. The molecule has 0 saturated carbocycles. The number of aromatic hydroxyl groups is 1. The standard InChI is InChI=1S/C12H15F2NO/c13-12(14)10-3-1-2-9(11(10)16)6-8-4-5-15-7-8/h1-3,8,12,15-16H,4-7H2. The topological polar surface area (TPSA) is 32.3 Å². The fraction of sp³-hybridized carbons (Fsp3) is 0.500. The van der Waals surface area contributed by atoms with Gasteiger partial charge in [0.05, 0.1) is 5.56 Å². The molecule has 1 aliphatic rings. The molecule has 2 nitrogen and oxygen atoms in total. The number of hydrogen-bond donors (Lipinski definition) is 2. The Morgan fingerprint density at radius 2 is 2.25 bits per heavy atom. The second-order valence-electron chi connectivity index (χ2n) is 4.22. The lowest BCUT2D eigenvalue weighted by atomic mass is 9.96. The fourth-order valence-electron chi connectivity index (χ4n) is 2.15. The summed E-state index contributed by atoms with van der Waals surface area (Å²) in [4.78, 5) is 0. The summed E-state index contributed by atoms with van der Waals surface area (Å²) in [5, 5.41) is 12.9. The van der Waals surface area contributed by atoms with E-state index in [1.165, 1.54) is 6.07 Å². The SMILES string of the molecule is Oc1c(CC2CCNC2)cccc1C(F)F. The molecular weight excluding hydrogens is 212 g/mol. The van der Waals surface area contributed by atoms with E-state index in [4.69, 9.17) is 0 Å². The summed E-state index contributed by atoms with van der Waals surface area (Å²) < 4.78 is 25.1. The van der Waals surface area contributed by atoms with Gasteiger partial charge in [0.15, 0.2) is 0 Å². The van der Waals surface area contributed by atoms with E-state index < -0.39 is 6.43 Å². The maximum atomic E-state index is 12.5. The van der Waals surface area contributed by atoms with E-state index >= 15 is 0 Å². The van der Waals surface area contributed by atoms with Crippen molar-refractivity contribution in [2.24, 2.45) is 5.92 Å². The molecule has 0 amide bonds. The van der Waals surface area contributed by atoms with Crippen molar-refractivity contribution in [3.63, 3.8) is 0 Å². The van der Waals surface area contributed by atoms with E-state index in [0.717, 1.165) is 19.5 Å². The average Bonchev–Trinajstić information content (AvgIpc) is 2.73. The fourth-order valence-corrected chi connectivity index (χ4v) is 2.15. The van der Waals surface area contributed by atoms with Crippen LogP contribution in [0.5, 0.6) is 5.75 Å². The smallest absolute Gasteiger partial charge is 0.267 e. The molecule has 1 heterocycles. The first kappa shape index (κ1) is 11.3. The van der Waals surface area contributed by atoms with Gasteiger partial charge in [-0.2, -0.15) is 0 Å². The highest BCUT2D eigenvalue weighted by molar-refractivity contribution is 5.41. The third-order valence-electron chi connectivity index (χ3n) is 3.06. The average molecular weight is 227 g/mol. The van der Waals surface area contributed by atoms with Crippen LogP contribution < -0.4 is 5.32 Å². The molecule has 0 spiro atoms. The van der Waals surface area contributed by atoms with Crippen LogP contribution in [0.1, 0.15) is 24.0 Å². The number of phenolic OH excluding ortho intramolecular Hbond substituents is 1. The summed E-state index contributed by atoms with van der Waals surface area (Å²) in [7, 11) is 0. The van der Waals surface area contributed by atoms with E-state index in [1.54, 1.807) is 12.1 Å². The maximum Gasteiger partial charge on any atom is 0.267 e. The molecule has 16 heavy (non-hydrogen) atoms.